The predicted octanol–water partition coefficient (Wildman–Crippen LogP) is 2.96. The van der Waals surface area contributed by atoms with Crippen LogP contribution in [0.1, 0.15) is 24.5 Å². The van der Waals surface area contributed by atoms with E-state index in [0.717, 1.165) is 17.6 Å². The van der Waals surface area contributed by atoms with Crippen molar-refractivity contribution < 1.29 is 9.90 Å². The summed E-state index contributed by atoms with van der Waals surface area (Å²) in [4.78, 5) is 10.5. The average Bonchev–Trinajstić information content (AvgIpc) is 2.22. The van der Waals surface area contributed by atoms with Gasteiger partial charge in [-0.2, -0.15) is 0 Å². The van der Waals surface area contributed by atoms with E-state index in [4.69, 9.17) is 5.11 Å². The van der Waals surface area contributed by atoms with Crippen molar-refractivity contribution in [3.63, 3.8) is 0 Å². The molecule has 0 radical (unpaired) electrons. The Morgan fingerprint density at radius 3 is 2.88 bits per heavy atom. The van der Waals surface area contributed by atoms with Gasteiger partial charge in [0.25, 0.3) is 0 Å². The molecular formula is C13H18BrNO2. The Morgan fingerprint density at radius 1 is 1.53 bits per heavy atom. The number of hydrogen-bond acceptors (Lipinski definition) is 2. The average molecular weight is 300 g/mol. The number of benzene rings is 1. The highest BCUT2D eigenvalue weighted by Gasteiger charge is 2.07. The van der Waals surface area contributed by atoms with Crippen LogP contribution in [0.25, 0.3) is 0 Å². The largest absolute Gasteiger partial charge is 0.481 e. The summed E-state index contributed by atoms with van der Waals surface area (Å²) in [5, 5.41) is 11.9. The number of aryl methyl sites for hydroxylation is 1. The molecule has 0 fully saturated rings. The zero-order valence-electron chi connectivity index (χ0n) is 10.2. The van der Waals surface area contributed by atoms with E-state index in [0.29, 0.717) is 0 Å². The maximum absolute atomic E-state index is 10.5. The zero-order valence-corrected chi connectivity index (χ0v) is 11.8. The first kappa shape index (κ1) is 14.2. The zero-order chi connectivity index (χ0) is 12.8. The van der Waals surface area contributed by atoms with Gasteiger partial charge in [-0.15, -0.1) is 0 Å². The Balaban J connectivity index is 2.40. The number of hydrogen-bond donors (Lipinski definition) is 2. The van der Waals surface area contributed by atoms with Gasteiger partial charge in [0, 0.05) is 17.4 Å². The van der Waals surface area contributed by atoms with Gasteiger partial charge in [-0.1, -0.05) is 28.9 Å². The molecule has 0 amide bonds. The predicted molar refractivity (Wildman–Crippen MR) is 72.0 cm³/mol. The van der Waals surface area contributed by atoms with Crippen LogP contribution in [-0.4, -0.2) is 17.6 Å². The maximum Gasteiger partial charge on any atom is 0.303 e. The molecule has 0 aliphatic heterocycles. The lowest BCUT2D eigenvalue weighted by molar-refractivity contribution is -0.137. The second-order valence-corrected chi connectivity index (χ2v) is 5.32. The van der Waals surface area contributed by atoms with Crippen molar-refractivity contribution >= 4 is 21.9 Å². The second-order valence-electron chi connectivity index (χ2n) is 4.40. The van der Waals surface area contributed by atoms with Crippen molar-refractivity contribution in [2.24, 2.45) is 5.92 Å². The molecule has 0 aliphatic carbocycles. The summed E-state index contributed by atoms with van der Waals surface area (Å²) in [6, 6.07) is 6.18. The summed E-state index contributed by atoms with van der Waals surface area (Å²) in [6.45, 7) is 5.51. The molecule has 4 heteroatoms. The van der Waals surface area contributed by atoms with Crippen molar-refractivity contribution in [1.82, 2.24) is 5.32 Å². The molecule has 3 nitrogen and oxygen atoms in total. The van der Waals surface area contributed by atoms with E-state index in [9.17, 15) is 4.79 Å². The topological polar surface area (TPSA) is 49.3 Å². The van der Waals surface area contributed by atoms with Crippen molar-refractivity contribution in [2.45, 2.75) is 26.8 Å². The minimum absolute atomic E-state index is 0.153. The van der Waals surface area contributed by atoms with Crippen LogP contribution in [0.5, 0.6) is 0 Å². The number of carboxylic acid groups (broad SMARTS) is 1. The summed E-state index contributed by atoms with van der Waals surface area (Å²) in [5.41, 5.74) is 2.48. The van der Waals surface area contributed by atoms with Crippen LogP contribution in [-0.2, 0) is 11.3 Å². The Labute approximate surface area is 110 Å². The lowest BCUT2D eigenvalue weighted by Crippen LogP contribution is -2.22. The number of carbonyl (C=O) groups is 1. The Bertz CT molecular complexity index is 393. The number of carboxylic acids is 1. The number of rotatable bonds is 6. The molecule has 2 N–H and O–H groups in total. The van der Waals surface area contributed by atoms with Crippen molar-refractivity contribution in [3.8, 4) is 0 Å². The molecule has 1 atom stereocenters. The molecular weight excluding hydrogens is 282 g/mol. The van der Waals surface area contributed by atoms with Gasteiger partial charge < -0.3 is 10.4 Å². The van der Waals surface area contributed by atoms with E-state index >= 15 is 0 Å². The molecule has 0 spiro atoms. The van der Waals surface area contributed by atoms with Crippen LogP contribution in [0.2, 0.25) is 0 Å². The highest BCUT2D eigenvalue weighted by molar-refractivity contribution is 9.10. The van der Waals surface area contributed by atoms with Crippen molar-refractivity contribution in [2.75, 3.05) is 6.54 Å². The first-order valence-electron chi connectivity index (χ1n) is 5.66. The molecule has 94 valence electrons. The number of halogens is 1. The summed E-state index contributed by atoms with van der Waals surface area (Å²) in [7, 11) is 0. The van der Waals surface area contributed by atoms with Crippen LogP contribution in [0.3, 0.4) is 0 Å². The number of nitrogens with one attached hydrogen (secondary N) is 1. The van der Waals surface area contributed by atoms with Crippen LogP contribution in [0, 0.1) is 12.8 Å². The first-order chi connectivity index (χ1) is 7.99. The minimum atomic E-state index is -0.738. The second kappa shape index (κ2) is 6.77. The van der Waals surface area contributed by atoms with Gasteiger partial charge in [-0.05, 0) is 42.6 Å². The third-order valence-electron chi connectivity index (χ3n) is 2.64. The van der Waals surface area contributed by atoms with Crippen molar-refractivity contribution in [3.05, 3.63) is 33.8 Å². The molecule has 1 aromatic rings. The molecule has 0 aliphatic rings. The minimum Gasteiger partial charge on any atom is -0.481 e. The van der Waals surface area contributed by atoms with Crippen LogP contribution in [0.15, 0.2) is 22.7 Å². The number of aliphatic carboxylic acids is 1. The van der Waals surface area contributed by atoms with E-state index in [1.165, 1.54) is 11.1 Å². The summed E-state index contributed by atoms with van der Waals surface area (Å²) in [5.74, 6) is -0.585. The quantitative estimate of drug-likeness (QED) is 0.849. The highest BCUT2D eigenvalue weighted by atomic mass is 79.9. The van der Waals surface area contributed by atoms with E-state index in [1.54, 1.807) is 0 Å². The summed E-state index contributed by atoms with van der Waals surface area (Å²) in [6.07, 6.45) is 0.213. The van der Waals surface area contributed by atoms with Crippen molar-refractivity contribution in [1.29, 1.82) is 0 Å². The molecule has 0 heterocycles. The van der Waals surface area contributed by atoms with Gasteiger partial charge in [0.05, 0.1) is 0 Å². The van der Waals surface area contributed by atoms with Crippen LogP contribution < -0.4 is 5.32 Å². The van der Waals surface area contributed by atoms with Gasteiger partial charge in [0.15, 0.2) is 0 Å². The van der Waals surface area contributed by atoms with Gasteiger partial charge in [-0.25, -0.2) is 0 Å². The molecule has 1 aromatic carbocycles. The fourth-order valence-electron chi connectivity index (χ4n) is 1.65. The molecule has 0 bridgehead atoms. The van der Waals surface area contributed by atoms with Crippen LogP contribution in [0.4, 0.5) is 0 Å². The Kier molecular flexibility index (Phi) is 5.65. The van der Waals surface area contributed by atoms with E-state index < -0.39 is 5.97 Å². The molecule has 17 heavy (non-hydrogen) atoms. The smallest absolute Gasteiger partial charge is 0.303 e. The fourth-order valence-corrected chi connectivity index (χ4v) is 2.06. The summed E-state index contributed by atoms with van der Waals surface area (Å²) < 4.78 is 1.07. The van der Waals surface area contributed by atoms with Gasteiger partial charge in [-0.3, -0.25) is 4.79 Å². The lowest BCUT2D eigenvalue weighted by Gasteiger charge is -2.12. The Morgan fingerprint density at radius 2 is 2.24 bits per heavy atom. The van der Waals surface area contributed by atoms with E-state index in [-0.39, 0.29) is 12.3 Å². The lowest BCUT2D eigenvalue weighted by atomic mass is 10.1. The standard InChI is InChI=1S/C13H18BrNO2/c1-9(5-13(16)17)7-15-8-11-6-12(14)4-3-10(11)2/h3-4,6,9,15H,5,7-8H2,1-2H3,(H,16,17). The summed E-state index contributed by atoms with van der Waals surface area (Å²) >= 11 is 3.44. The molecule has 0 aromatic heterocycles. The highest BCUT2D eigenvalue weighted by Crippen LogP contribution is 2.15. The molecule has 1 rings (SSSR count). The van der Waals surface area contributed by atoms with Gasteiger partial charge in [0.1, 0.15) is 0 Å². The normalized spacial score (nSPS) is 12.4. The van der Waals surface area contributed by atoms with E-state index in [2.05, 4.69) is 40.3 Å². The Hall–Kier alpha value is -0.870. The van der Waals surface area contributed by atoms with Crippen LogP contribution >= 0.6 is 15.9 Å². The molecule has 0 saturated heterocycles. The van der Waals surface area contributed by atoms with Gasteiger partial charge in [0.2, 0.25) is 0 Å². The first-order valence-corrected chi connectivity index (χ1v) is 6.46. The molecule has 1 unspecified atom stereocenters. The fraction of sp³-hybridized carbons (Fsp3) is 0.462. The molecule has 0 saturated carbocycles. The monoisotopic (exact) mass is 299 g/mol. The third kappa shape index (κ3) is 5.33. The SMILES string of the molecule is Cc1ccc(Br)cc1CNCC(C)CC(=O)O. The third-order valence-corrected chi connectivity index (χ3v) is 3.14. The van der Waals surface area contributed by atoms with Gasteiger partial charge >= 0.3 is 5.97 Å². The van der Waals surface area contributed by atoms with E-state index in [1.807, 2.05) is 13.0 Å². The maximum atomic E-state index is 10.5.